The Morgan fingerprint density at radius 3 is 3.29 bits per heavy atom. The molecule has 2 rings (SSSR count). The zero-order valence-corrected chi connectivity index (χ0v) is 7.51. The first-order valence-electron chi connectivity index (χ1n) is 4.34. The number of nitrogens with zero attached hydrogens (tertiary/aromatic N) is 3. The van der Waals surface area contributed by atoms with Gasteiger partial charge in [0.15, 0.2) is 0 Å². The first-order valence-corrected chi connectivity index (χ1v) is 4.34. The molecule has 0 spiro atoms. The SMILES string of the molecule is N#Cc1cncnc1OC1CCOC1. The van der Waals surface area contributed by atoms with Crippen LogP contribution in [0.2, 0.25) is 0 Å². The molecule has 1 fully saturated rings. The Bertz CT molecular complexity index is 355. The number of hydrogen-bond acceptors (Lipinski definition) is 5. The molecule has 5 heteroatoms. The van der Waals surface area contributed by atoms with Crippen molar-refractivity contribution in [2.24, 2.45) is 0 Å². The smallest absolute Gasteiger partial charge is 0.235 e. The van der Waals surface area contributed by atoms with Crippen LogP contribution in [0.25, 0.3) is 0 Å². The van der Waals surface area contributed by atoms with E-state index in [4.69, 9.17) is 14.7 Å². The Kier molecular flexibility index (Phi) is 2.56. The molecule has 1 aliphatic heterocycles. The fourth-order valence-electron chi connectivity index (χ4n) is 1.25. The van der Waals surface area contributed by atoms with Gasteiger partial charge < -0.3 is 9.47 Å². The third kappa shape index (κ3) is 1.80. The van der Waals surface area contributed by atoms with Crippen LogP contribution < -0.4 is 4.74 Å². The van der Waals surface area contributed by atoms with Crippen LogP contribution in [-0.2, 0) is 4.74 Å². The van der Waals surface area contributed by atoms with E-state index in [1.54, 1.807) is 0 Å². The summed E-state index contributed by atoms with van der Waals surface area (Å²) in [5.74, 6) is 0.345. The quantitative estimate of drug-likeness (QED) is 0.681. The van der Waals surface area contributed by atoms with Crippen molar-refractivity contribution in [1.29, 1.82) is 5.26 Å². The molecule has 1 aromatic heterocycles. The van der Waals surface area contributed by atoms with Gasteiger partial charge in [-0.25, -0.2) is 9.97 Å². The van der Waals surface area contributed by atoms with Crippen molar-refractivity contribution in [2.45, 2.75) is 12.5 Å². The molecule has 1 atom stereocenters. The number of hydrogen-bond donors (Lipinski definition) is 0. The Morgan fingerprint density at radius 1 is 1.64 bits per heavy atom. The van der Waals surface area contributed by atoms with E-state index < -0.39 is 0 Å². The lowest BCUT2D eigenvalue weighted by molar-refractivity contribution is 0.137. The van der Waals surface area contributed by atoms with E-state index in [1.165, 1.54) is 12.5 Å². The van der Waals surface area contributed by atoms with E-state index in [0.717, 1.165) is 6.42 Å². The molecule has 0 radical (unpaired) electrons. The van der Waals surface area contributed by atoms with Crippen LogP contribution in [0, 0.1) is 11.3 Å². The van der Waals surface area contributed by atoms with E-state index in [-0.39, 0.29) is 6.10 Å². The van der Waals surface area contributed by atoms with Gasteiger partial charge >= 0.3 is 0 Å². The molecule has 1 unspecified atom stereocenters. The molecule has 1 aromatic rings. The molecule has 5 nitrogen and oxygen atoms in total. The van der Waals surface area contributed by atoms with Crippen molar-refractivity contribution in [3.63, 3.8) is 0 Å². The second-order valence-corrected chi connectivity index (χ2v) is 2.96. The Labute approximate surface area is 81.3 Å². The van der Waals surface area contributed by atoms with Crippen molar-refractivity contribution < 1.29 is 9.47 Å². The van der Waals surface area contributed by atoms with Crippen LogP contribution in [0.5, 0.6) is 5.88 Å². The molecule has 1 saturated heterocycles. The largest absolute Gasteiger partial charge is 0.471 e. The standard InChI is InChI=1S/C9H9N3O2/c10-3-7-4-11-6-12-9(7)14-8-1-2-13-5-8/h4,6,8H,1-2,5H2. The van der Waals surface area contributed by atoms with Gasteiger partial charge in [0, 0.05) is 6.42 Å². The summed E-state index contributed by atoms with van der Waals surface area (Å²) in [6.45, 7) is 1.27. The lowest BCUT2D eigenvalue weighted by Crippen LogP contribution is -2.17. The summed E-state index contributed by atoms with van der Waals surface area (Å²) in [4.78, 5) is 7.65. The fourth-order valence-corrected chi connectivity index (χ4v) is 1.25. The second-order valence-electron chi connectivity index (χ2n) is 2.96. The zero-order chi connectivity index (χ0) is 9.80. The van der Waals surface area contributed by atoms with Crippen LogP contribution in [0.15, 0.2) is 12.5 Å². The van der Waals surface area contributed by atoms with Crippen molar-refractivity contribution in [2.75, 3.05) is 13.2 Å². The van der Waals surface area contributed by atoms with Crippen LogP contribution in [0.4, 0.5) is 0 Å². The minimum Gasteiger partial charge on any atom is -0.471 e. The first-order chi connectivity index (χ1) is 6.90. The predicted molar refractivity (Wildman–Crippen MR) is 46.6 cm³/mol. The van der Waals surface area contributed by atoms with Crippen molar-refractivity contribution >= 4 is 0 Å². The predicted octanol–water partition coefficient (Wildman–Crippen LogP) is 0.516. The summed E-state index contributed by atoms with van der Waals surface area (Å²) in [6, 6.07) is 1.98. The van der Waals surface area contributed by atoms with Crippen LogP contribution in [0.3, 0.4) is 0 Å². The number of ether oxygens (including phenoxy) is 2. The summed E-state index contributed by atoms with van der Waals surface area (Å²) >= 11 is 0. The molecule has 2 heterocycles. The Morgan fingerprint density at radius 2 is 2.57 bits per heavy atom. The van der Waals surface area contributed by atoms with Gasteiger partial charge in [-0.05, 0) is 0 Å². The van der Waals surface area contributed by atoms with Crippen molar-refractivity contribution in [3.05, 3.63) is 18.1 Å². The molecule has 0 bridgehead atoms. The monoisotopic (exact) mass is 191 g/mol. The molecule has 0 aromatic carbocycles. The van der Waals surface area contributed by atoms with Gasteiger partial charge in [0.05, 0.1) is 19.4 Å². The maximum atomic E-state index is 8.75. The zero-order valence-electron chi connectivity index (χ0n) is 7.51. The second kappa shape index (κ2) is 4.03. The maximum absolute atomic E-state index is 8.75. The molecule has 14 heavy (non-hydrogen) atoms. The van der Waals surface area contributed by atoms with Crippen LogP contribution in [0.1, 0.15) is 12.0 Å². The minimum absolute atomic E-state index is 0.0111. The fraction of sp³-hybridized carbons (Fsp3) is 0.444. The average Bonchev–Trinajstić information content (AvgIpc) is 2.71. The maximum Gasteiger partial charge on any atom is 0.235 e. The van der Waals surface area contributed by atoms with Gasteiger partial charge in [-0.3, -0.25) is 0 Å². The van der Waals surface area contributed by atoms with Crippen molar-refractivity contribution in [1.82, 2.24) is 9.97 Å². The summed E-state index contributed by atoms with van der Waals surface area (Å²) in [7, 11) is 0. The van der Waals surface area contributed by atoms with E-state index >= 15 is 0 Å². The highest BCUT2D eigenvalue weighted by Gasteiger charge is 2.19. The van der Waals surface area contributed by atoms with E-state index in [0.29, 0.717) is 24.7 Å². The molecule has 1 aliphatic rings. The molecular weight excluding hydrogens is 182 g/mol. The van der Waals surface area contributed by atoms with Gasteiger partial charge in [-0.2, -0.15) is 5.26 Å². The molecule has 72 valence electrons. The highest BCUT2D eigenvalue weighted by atomic mass is 16.5. The highest BCUT2D eigenvalue weighted by Crippen LogP contribution is 2.16. The summed E-state index contributed by atoms with van der Waals surface area (Å²) in [6.07, 6.45) is 3.66. The number of nitriles is 1. The molecule has 0 aliphatic carbocycles. The van der Waals surface area contributed by atoms with Gasteiger partial charge in [0.2, 0.25) is 5.88 Å². The third-order valence-electron chi connectivity index (χ3n) is 1.96. The minimum atomic E-state index is 0.0111. The van der Waals surface area contributed by atoms with Gasteiger partial charge in [-0.1, -0.05) is 0 Å². The lowest BCUT2D eigenvalue weighted by atomic mass is 10.3. The van der Waals surface area contributed by atoms with Crippen LogP contribution in [-0.4, -0.2) is 29.3 Å². The summed E-state index contributed by atoms with van der Waals surface area (Å²) < 4.78 is 10.7. The van der Waals surface area contributed by atoms with Gasteiger partial charge in [0.1, 0.15) is 24.1 Å². The van der Waals surface area contributed by atoms with E-state index in [1.807, 2.05) is 6.07 Å². The number of rotatable bonds is 2. The van der Waals surface area contributed by atoms with Crippen molar-refractivity contribution in [3.8, 4) is 11.9 Å². The Hall–Kier alpha value is -1.67. The average molecular weight is 191 g/mol. The summed E-state index contributed by atoms with van der Waals surface area (Å²) in [5.41, 5.74) is 0.361. The summed E-state index contributed by atoms with van der Waals surface area (Å²) in [5, 5.41) is 8.75. The van der Waals surface area contributed by atoms with Crippen LogP contribution >= 0.6 is 0 Å². The van der Waals surface area contributed by atoms with Gasteiger partial charge in [0.25, 0.3) is 0 Å². The van der Waals surface area contributed by atoms with Gasteiger partial charge in [-0.15, -0.1) is 0 Å². The molecule has 0 saturated carbocycles. The van der Waals surface area contributed by atoms with E-state index in [9.17, 15) is 0 Å². The lowest BCUT2D eigenvalue weighted by Gasteiger charge is -2.10. The number of aromatic nitrogens is 2. The first kappa shape index (κ1) is 8.91. The molecular formula is C9H9N3O2. The highest BCUT2D eigenvalue weighted by molar-refractivity contribution is 5.34. The third-order valence-corrected chi connectivity index (χ3v) is 1.96. The van der Waals surface area contributed by atoms with E-state index in [2.05, 4.69) is 9.97 Å². The topological polar surface area (TPSA) is 68.0 Å². The normalized spacial score (nSPS) is 20.4. The molecule has 0 N–H and O–H groups in total. The Balaban J connectivity index is 2.11. The molecule has 0 amide bonds.